The first-order chi connectivity index (χ1) is 8.86. The number of nitrogens with zero attached hydrogens (tertiary/aromatic N) is 3. The molecule has 1 N–H and O–H groups in total. The average molecular weight is 279 g/mol. The van der Waals surface area contributed by atoms with E-state index in [4.69, 9.17) is 5.11 Å². The zero-order chi connectivity index (χ0) is 14.6. The quantitative estimate of drug-likeness (QED) is 0.630. The van der Waals surface area contributed by atoms with E-state index in [1.807, 2.05) is 0 Å². The summed E-state index contributed by atoms with van der Waals surface area (Å²) in [5.41, 5.74) is 0. The lowest BCUT2D eigenvalue weighted by Crippen LogP contribution is -2.45. The highest BCUT2D eigenvalue weighted by atomic mass is 19.3. The first-order valence-corrected chi connectivity index (χ1v) is 5.59. The first-order valence-electron chi connectivity index (χ1n) is 5.59. The molecule has 0 spiro atoms. The number of rotatable bonds is 6. The van der Waals surface area contributed by atoms with E-state index in [-0.39, 0.29) is 13.1 Å². The van der Waals surface area contributed by atoms with Gasteiger partial charge in [-0.25, -0.2) is 13.6 Å². The van der Waals surface area contributed by atoms with Gasteiger partial charge in [-0.3, -0.25) is 14.5 Å². The molecule has 0 radical (unpaired) electrons. The van der Waals surface area contributed by atoms with Gasteiger partial charge in [0, 0.05) is 13.6 Å². The molecule has 0 aromatic heterocycles. The van der Waals surface area contributed by atoms with E-state index in [1.54, 1.807) is 0 Å². The van der Waals surface area contributed by atoms with Crippen LogP contribution in [-0.4, -0.2) is 83.9 Å². The summed E-state index contributed by atoms with van der Waals surface area (Å²) in [5, 5.41) is 8.71. The van der Waals surface area contributed by atoms with Gasteiger partial charge in [-0.1, -0.05) is 0 Å². The van der Waals surface area contributed by atoms with E-state index in [0.717, 1.165) is 9.80 Å². The van der Waals surface area contributed by atoms with E-state index in [0.29, 0.717) is 4.90 Å². The maximum absolute atomic E-state index is 12.3. The molecule has 1 fully saturated rings. The predicted octanol–water partition coefficient (Wildman–Crippen LogP) is -1.03. The van der Waals surface area contributed by atoms with Crippen molar-refractivity contribution in [2.75, 3.05) is 39.8 Å². The number of carbonyl (C=O) groups is 3. The predicted molar refractivity (Wildman–Crippen MR) is 59.4 cm³/mol. The summed E-state index contributed by atoms with van der Waals surface area (Å²) in [6.45, 7) is -2.31. The number of imide groups is 1. The Kier molecular flexibility index (Phi) is 5.16. The molecule has 1 aliphatic heterocycles. The number of halogens is 2. The molecule has 1 rings (SSSR count). The minimum absolute atomic E-state index is 0.138. The van der Waals surface area contributed by atoms with Gasteiger partial charge in [0.05, 0.1) is 13.2 Å². The Morgan fingerprint density at radius 1 is 1.47 bits per heavy atom. The number of aliphatic hydroxyl groups excluding tert-OH is 1. The Morgan fingerprint density at radius 3 is 2.53 bits per heavy atom. The molecule has 1 aliphatic rings. The highest BCUT2D eigenvalue weighted by molar-refractivity contribution is 6.04. The average Bonchev–Trinajstić information content (AvgIpc) is 2.55. The minimum Gasteiger partial charge on any atom is -0.395 e. The van der Waals surface area contributed by atoms with E-state index >= 15 is 0 Å². The van der Waals surface area contributed by atoms with Crippen molar-refractivity contribution in [1.82, 2.24) is 14.7 Å². The van der Waals surface area contributed by atoms with Gasteiger partial charge in [-0.15, -0.1) is 0 Å². The summed E-state index contributed by atoms with van der Waals surface area (Å²) < 4.78 is 24.5. The fourth-order valence-corrected chi connectivity index (χ4v) is 1.66. The number of hydrogen-bond donors (Lipinski definition) is 1. The summed E-state index contributed by atoms with van der Waals surface area (Å²) in [7, 11) is 1.40. The normalized spacial score (nSPS) is 15.6. The third-order valence-electron chi connectivity index (χ3n) is 2.61. The maximum atomic E-state index is 12.3. The number of likely N-dealkylation sites (N-methyl/N-ethyl adjacent to an activating group) is 1. The van der Waals surface area contributed by atoms with Crippen LogP contribution in [0, 0.1) is 0 Å². The molecule has 0 bridgehead atoms. The van der Waals surface area contributed by atoms with E-state index in [1.165, 1.54) is 7.05 Å². The first kappa shape index (κ1) is 15.3. The summed E-state index contributed by atoms with van der Waals surface area (Å²) in [5.74, 6) is -1.35. The van der Waals surface area contributed by atoms with Crippen LogP contribution in [0.15, 0.2) is 0 Å². The summed E-state index contributed by atoms with van der Waals surface area (Å²) in [4.78, 5) is 37.2. The van der Waals surface area contributed by atoms with Gasteiger partial charge in [-0.05, 0) is 0 Å². The highest BCUT2D eigenvalue weighted by Crippen LogP contribution is 2.09. The van der Waals surface area contributed by atoms with Crippen LogP contribution >= 0.6 is 0 Å². The Hall–Kier alpha value is -1.77. The zero-order valence-corrected chi connectivity index (χ0v) is 10.4. The van der Waals surface area contributed by atoms with Gasteiger partial charge >= 0.3 is 6.03 Å². The lowest BCUT2D eigenvalue weighted by molar-refractivity contribution is -0.138. The second-order valence-corrected chi connectivity index (χ2v) is 4.07. The number of amides is 4. The van der Waals surface area contributed by atoms with Crippen LogP contribution in [0.25, 0.3) is 0 Å². The molecule has 0 atom stereocenters. The Morgan fingerprint density at radius 2 is 2.11 bits per heavy atom. The lowest BCUT2D eigenvalue weighted by Gasteiger charge is -2.23. The molecule has 1 saturated heterocycles. The van der Waals surface area contributed by atoms with Crippen molar-refractivity contribution in [2.45, 2.75) is 6.43 Å². The Balaban J connectivity index is 2.65. The number of aliphatic hydroxyl groups is 1. The van der Waals surface area contributed by atoms with Crippen molar-refractivity contribution in [3.05, 3.63) is 0 Å². The second-order valence-electron chi connectivity index (χ2n) is 4.07. The molecule has 1 heterocycles. The molecule has 0 unspecified atom stereocenters. The van der Waals surface area contributed by atoms with Gasteiger partial charge in [0.15, 0.2) is 0 Å². The zero-order valence-electron chi connectivity index (χ0n) is 10.4. The topological polar surface area (TPSA) is 81.2 Å². The number of hydrogen-bond acceptors (Lipinski definition) is 4. The van der Waals surface area contributed by atoms with Crippen molar-refractivity contribution in [3.8, 4) is 0 Å². The van der Waals surface area contributed by atoms with Crippen molar-refractivity contribution in [1.29, 1.82) is 0 Å². The third-order valence-corrected chi connectivity index (χ3v) is 2.61. The van der Waals surface area contributed by atoms with Crippen molar-refractivity contribution >= 4 is 17.8 Å². The highest BCUT2D eigenvalue weighted by Gasteiger charge is 2.35. The molecular formula is C10H15F2N3O4. The molecule has 7 nitrogen and oxygen atoms in total. The Labute approximate surface area is 108 Å². The molecule has 0 aliphatic carbocycles. The number of urea groups is 1. The number of alkyl halides is 2. The molecule has 0 saturated carbocycles. The summed E-state index contributed by atoms with van der Waals surface area (Å²) in [6.07, 6.45) is -2.75. The minimum atomic E-state index is -2.75. The van der Waals surface area contributed by atoms with Gasteiger partial charge in [-0.2, -0.15) is 0 Å². The van der Waals surface area contributed by atoms with Crippen LogP contribution in [0.1, 0.15) is 0 Å². The second kappa shape index (κ2) is 6.41. The van der Waals surface area contributed by atoms with Crippen molar-refractivity contribution < 1.29 is 28.3 Å². The fraction of sp³-hybridized carbons (Fsp3) is 0.700. The summed E-state index contributed by atoms with van der Waals surface area (Å²) >= 11 is 0. The SMILES string of the molecule is CN1CC(=O)N(CC(=O)N(CCO)CC(F)F)C1=O. The standard InChI is InChI=1S/C10H15F2N3O4/c1-13-5-9(18)15(10(13)19)6-8(17)14(2-3-16)4-7(11)12/h7,16H,2-6H2,1H3. The monoisotopic (exact) mass is 279 g/mol. The van der Waals surface area contributed by atoms with Crippen LogP contribution in [0.5, 0.6) is 0 Å². The fourth-order valence-electron chi connectivity index (χ4n) is 1.66. The van der Waals surface area contributed by atoms with Gasteiger partial charge in [0.25, 0.3) is 12.3 Å². The molecular weight excluding hydrogens is 264 g/mol. The Bertz CT molecular complexity index is 378. The van der Waals surface area contributed by atoms with Crippen molar-refractivity contribution in [3.63, 3.8) is 0 Å². The largest absolute Gasteiger partial charge is 0.395 e. The van der Waals surface area contributed by atoms with Crippen LogP contribution in [0.3, 0.4) is 0 Å². The molecule has 0 aromatic carbocycles. The molecule has 4 amide bonds. The molecule has 19 heavy (non-hydrogen) atoms. The third kappa shape index (κ3) is 3.85. The molecule has 0 aromatic rings. The molecule has 9 heteroatoms. The summed E-state index contributed by atoms with van der Waals surface area (Å²) in [6, 6.07) is -0.639. The van der Waals surface area contributed by atoms with Crippen LogP contribution in [0.2, 0.25) is 0 Å². The number of carbonyl (C=O) groups excluding carboxylic acids is 3. The van der Waals surface area contributed by atoms with Gasteiger partial charge < -0.3 is 14.9 Å². The van der Waals surface area contributed by atoms with Gasteiger partial charge in [0.2, 0.25) is 5.91 Å². The smallest absolute Gasteiger partial charge is 0.327 e. The maximum Gasteiger partial charge on any atom is 0.327 e. The van der Waals surface area contributed by atoms with Crippen LogP contribution in [0.4, 0.5) is 13.6 Å². The van der Waals surface area contributed by atoms with Crippen molar-refractivity contribution in [2.24, 2.45) is 0 Å². The van der Waals surface area contributed by atoms with E-state index in [2.05, 4.69) is 0 Å². The van der Waals surface area contributed by atoms with E-state index < -0.39 is 44.0 Å². The van der Waals surface area contributed by atoms with Gasteiger partial charge in [0.1, 0.15) is 13.1 Å². The van der Waals surface area contributed by atoms with E-state index in [9.17, 15) is 23.2 Å². The van der Waals surface area contributed by atoms with Crippen LogP contribution < -0.4 is 0 Å². The lowest BCUT2D eigenvalue weighted by atomic mass is 10.4. The van der Waals surface area contributed by atoms with Crippen LogP contribution in [-0.2, 0) is 9.59 Å². The molecule has 108 valence electrons.